The van der Waals surface area contributed by atoms with Crippen LogP contribution in [0.2, 0.25) is 0 Å². The van der Waals surface area contributed by atoms with E-state index in [4.69, 9.17) is 0 Å². The third kappa shape index (κ3) is 4.34. The van der Waals surface area contributed by atoms with Crippen LogP contribution in [0.25, 0.3) is 0 Å². The molecule has 2 heterocycles. The molecule has 3 aromatic rings. The van der Waals surface area contributed by atoms with E-state index in [1.807, 2.05) is 0 Å². The van der Waals surface area contributed by atoms with Gasteiger partial charge in [-0.1, -0.05) is 91.0 Å². The van der Waals surface area contributed by atoms with Crippen LogP contribution in [0.5, 0.6) is 0 Å². The molecule has 154 valence electrons. The lowest BCUT2D eigenvalue weighted by Crippen LogP contribution is -2.66. The van der Waals surface area contributed by atoms with Crippen molar-refractivity contribution in [3.8, 4) is 0 Å². The summed E-state index contributed by atoms with van der Waals surface area (Å²) >= 11 is 0. The molecular weight excluding hydrogens is 366 g/mol. The monoisotopic (exact) mass is 397 g/mol. The van der Waals surface area contributed by atoms with Crippen LogP contribution < -0.4 is 0 Å². The van der Waals surface area contributed by atoms with Crippen molar-refractivity contribution in [1.29, 1.82) is 0 Å². The van der Waals surface area contributed by atoms with E-state index in [1.165, 1.54) is 42.6 Å². The Balaban J connectivity index is 1.37. The molecule has 2 fully saturated rings. The van der Waals surface area contributed by atoms with Gasteiger partial charge in [-0.05, 0) is 29.5 Å². The Morgan fingerprint density at radius 1 is 0.500 bits per heavy atom. The lowest BCUT2D eigenvalue weighted by Gasteiger charge is -2.56. The fourth-order valence-corrected chi connectivity index (χ4v) is 5.19. The van der Waals surface area contributed by atoms with Crippen molar-refractivity contribution in [1.82, 2.24) is 14.7 Å². The molecule has 2 saturated heterocycles. The van der Waals surface area contributed by atoms with Gasteiger partial charge < -0.3 is 0 Å². The van der Waals surface area contributed by atoms with E-state index < -0.39 is 0 Å². The fraction of sp³-hybridized carbons (Fsp3) is 0.333. The summed E-state index contributed by atoms with van der Waals surface area (Å²) in [4.78, 5) is 8.16. The highest BCUT2D eigenvalue weighted by molar-refractivity contribution is 5.18. The third-order valence-corrected chi connectivity index (χ3v) is 6.62. The maximum atomic E-state index is 2.76. The van der Waals surface area contributed by atoms with Gasteiger partial charge in [-0.2, -0.15) is 0 Å². The maximum absolute atomic E-state index is 2.76. The van der Waals surface area contributed by atoms with E-state index in [1.54, 1.807) is 0 Å². The Labute approximate surface area is 180 Å². The molecule has 2 aliphatic rings. The van der Waals surface area contributed by atoms with Gasteiger partial charge in [0.1, 0.15) is 0 Å². The molecule has 3 heteroatoms. The van der Waals surface area contributed by atoms with E-state index in [0.717, 1.165) is 19.6 Å². The zero-order valence-electron chi connectivity index (χ0n) is 17.6. The summed E-state index contributed by atoms with van der Waals surface area (Å²) in [5.74, 6) is 0. The molecule has 2 atom stereocenters. The first-order valence-electron chi connectivity index (χ1n) is 11.2. The zero-order chi connectivity index (χ0) is 20.2. The quantitative estimate of drug-likeness (QED) is 0.582. The first-order valence-corrected chi connectivity index (χ1v) is 11.2. The van der Waals surface area contributed by atoms with Crippen molar-refractivity contribution in [3.63, 3.8) is 0 Å². The second-order valence-electron chi connectivity index (χ2n) is 8.61. The minimum Gasteiger partial charge on any atom is -0.283 e. The summed E-state index contributed by atoms with van der Waals surface area (Å²) in [6.07, 6.45) is 3.42. The summed E-state index contributed by atoms with van der Waals surface area (Å²) < 4.78 is 0. The van der Waals surface area contributed by atoms with Crippen molar-refractivity contribution >= 4 is 0 Å². The van der Waals surface area contributed by atoms with Crippen LogP contribution >= 0.6 is 0 Å². The highest BCUT2D eigenvalue weighted by Gasteiger charge is 2.41. The fourth-order valence-electron chi connectivity index (χ4n) is 5.19. The van der Waals surface area contributed by atoms with Crippen molar-refractivity contribution in [2.24, 2.45) is 0 Å². The Morgan fingerprint density at radius 3 is 1.27 bits per heavy atom. The zero-order valence-corrected chi connectivity index (χ0v) is 17.6. The van der Waals surface area contributed by atoms with Crippen LogP contribution in [0.15, 0.2) is 91.0 Å². The van der Waals surface area contributed by atoms with E-state index in [9.17, 15) is 0 Å². The summed E-state index contributed by atoms with van der Waals surface area (Å²) in [5, 5.41) is 0. The minimum absolute atomic E-state index is 0.510. The first kappa shape index (κ1) is 19.5. The molecule has 2 unspecified atom stereocenters. The molecule has 3 nitrogen and oxygen atoms in total. The number of hydrogen-bond acceptors (Lipinski definition) is 3. The van der Waals surface area contributed by atoms with Gasteiger partial charge in [0, 0.05) is 32.7 Å². The second-order valence-corrected chi connectivity index (χ2v) is 8.61. The topological polar surface area (TPSA) is 9.72 Å². The Hall–Kier alpha value is -2.46. The van der Waals surface area contributed by atoms with Gasteiger partial charge in [-0.25, -0.2) is 0 Å². The minimum atomic E-state index is 0.510. The third-order valence-electron chi connectivity index (χ3n) is 6.62. The molecule has 5 rings (SSSR count). The summed E-state index contributed by atoms with van der Waals surface area (Å²) in [7, 11) is 0. The maximum Gasteiger partial charge on any atom is 0.0654 e. The molecule has 2 bridgehead atoms. The first-order chi connectivity index (χ1) is 14.9. The molecular formula is C27H31N3. The van der Waals surface area contributed by atoms with Crippen molar-refractivity contribution in [2.75, 3.05) is 13.1 Å². The van der Waals surface area contributed by atoms with Crippen LogP contribution in [-0.2, 0) is 19.6 Å². The predicted molar refractivity (Wildman–Crippen MR) is 122 cm³/mol. The lowest BCUT2D eigenvalue weighted by molar-refractivity contribution is -0.140. The highest BCUT2D eigenvalue weighted by Crippen LogP contribution is 2.33. The molecule has 0 saturated carbocycles. The lowest BCUT2D eigenvalue weighted by atomic mass is 10.00. The van der Waals surface area contributed by atoms with Crippen LogP contribution in [0.3, 0.4) is 0 Å². The van der Waals surface area contributed by atoms with Crippen molar-refractivity contribution in [3.05, 3.63) is 108 Å². The van der Waals surface area contributed by atoms with E-state index in [2.05, 4.69) is 106 Å². The SMILES string of the molecule is c1ccc(CN2CCC3N(Cc4ccccc4)CCC2N3Cc2ccccc2)cc1. The number of nitrogens with zero attached hydrogens (tertiary/aromatic N) is 3. The Morgan fingerprint density at radius 2 is 0.867 bits per heavy atom. The Kier molecular flexibility index (Phi) is 5.94. The van der Waals surface area contributed by atoms with Crippen LogP contribution in [-0.4, -0.2) is 40.1 Å². The van der Waals surface area contributed by atoms with Crippen molar-refractivity contribution < 1.29 is 0 Å². The van der Waals surface area contributed by atoms with Crippen LogP contribution in [0.1, 0.15) is 29.5 Å². The van der Waals surface area contributed by atoms with E-state index in [0.29, 0.717) is 12.3 Å². The summed E-state index contributed by atoms with van der Waals surface area (Å²) in [5.41, 5.74) is 4.25. The molecule has 2 aliphatic heterocycles. The van der Waals surface area contributed by atoms with Gasteiger partial charge in [0.2, 0.25) is 0 Å². The number of rotatable bonds is 6. The number of benzene rings is 3. The smallest absolute Gasteiger partial charge is 0.0654 e. The van der Waals surface area contributed by atoms with E-state index in [-0.39, 0.29) is 0 Å². The summed E-state index contributed by atoms with van der Waals surface area (Å²) in [6, 6.07) is 32.9. The van der Waals surface area contributed by atoms with Crippen LogP contribution in [0.4, 0.5) is 0 Å². The van der Waals surface area contributed by atoms with Gasteiger partial charge in [0.15, 0.2) is 0 Å². The molecule has 0 aromatic heterocycles. The molecule has 0 radical (unpaired) electrons. The average molecular weight is 398 g/mol. The number of hydrogen-bond donors (Lipinski definition) is 0. The molecule has 0 N–H and O–H groups in total. The van der Waals surface area contributed by atoms with Gasteiger partial charge >= 0.3 is 0 Å². The van der Waals surface area contributed by atoms with Gasteiger partial charge in [0.05, 0.1) is 12.3 Å². The molecule has 30 heavy (non-hydrogen) atoms. The largest absolute Gasteiger partial charge is 0.283 e. The van der Waals surface area contributed by atoms with Crippen molar-refractivity contribution in [2.45, 2.75) is 44.8 Å². The van der Waals surface area contributed by atoms with Gasteiger partial charge in [0.25, 0.3) is 0 Å². The average Bonchev–Trinajstić information content (AvgIpc) is 2.79. The summed E-state index contributed by atoms with van der Waals surface area (Å²) in [6.45, 7) is 5.44. The van der Waals surface area contributed by atoms with Gasteiger partial charge in [-0.15, -0.1) is 0 Å². The second kappa shape index (κ2) is 9.13. The Bertz CT molecular complexity index is 855. The molecule has 3 aromatic carbocycles. The standard InChI is InChI=1S/C27H31N3/c1-4-10-23(11-5-1)20-28-18-16-27-29(21-24-12-6-2-7-13-24)19-17-26(28)30(27)22-25-14-8-3-9-15-25/h1-15,26-27H,16-22H2. The van der Waals surface area contributed by atoms with Crippen LogP contribution in [0, 0.1) is 0 Å². The number of fused-ring (bicyclic) bond motifs is 2. The van der Waals surface area contributed by atoms with Gasteiger partial charge in [-0.3, -0.25) is 14.7 Å². The highest BCUT2D eigenvalue weighted by atomic mass is 15.5. The normalized spacial score (nSPS) is 22.8. The molecule has 0 spiro atoms. The molecule has 0 amide bonds. The predicted octanol–water partition coefficient (Wildman–Crippen LogP) is 4.95. The molecule has 0 aliphatic carbocycles. The van der Waals surface area contributed by atoms with E-state index >= 15 is 0 Å².